The van der Waals surface area contributed by atoms with Crippen LogP contribution in [0, 0.1) is 11.7 Å². The Hall–Kier alpha value is -3.42. The van der Waals surface area contributed by atoms with Crippen LogP contribution in [0.1, 0.15) is 12.8 Å². The van der Waals surface area contributed by atoms with Crippen LogP contribution < -0.4 is 5.32 Å². The molecule has 0 saturated carbocycles. The summed E-state index contributed by atoms with van der Waals surface area (Å²) in [5.74, 6) is 0.194. The number of fused-ring (bicyclic) bond motifs is 1. The minimum absolute atomic E-state index is 0.0160. The highest BCUT2D eigenvalue weighted by Gasteiger charge is 2.28. The zero-order valence-electron chi connectivity index (χ0n) is 17.0. The smallest absolute Gasteiger partial charge is 0.319 e. The van der Waals surface area contributed by atoms with E-state index in [9.17, 15) is 14.0 Å². The van der Waals surface area contributed by atoms with E-state index in [1.165, 1.54) is 12.1 Å². The number of aromatic amines is 1. The molecule has 2 aromatic carbocycles. The molecule has 1 fully saturated rings. The number of carbonyl (C=O) groups excluding carboxylic acids is 2. The van der Waals surface area contributed by atoms with Gasteiger partial charge < -0.3 is 20.1 Å². The van der Waals surface area contributed by atoms with Crippen molar-refractivity contribution in [3.05, 3.63) is 48.3 Å². The molecule has 0 atom stereocenters. The van der Waals surface area contributed by atoms with Crippen LogP contribution in [0.15, 0.2) is 42.5 Å². The summed E-state index contributed by atoms with van der Waals surface area (Å²) in [6, 6.07) is 11.8. The summed E-state index contributed by atoms with van der Waals surface area (Å²) in [6.07, 6.45) is 1.30. The summed E-state index contributed by atoms with van der Waals surface area (Å²) in [7, 11) is 3.46. The summed E-state index contributed by atoms with van der Waals surface area (Å²) in [4.78, 5) is 35.5. The quantitative estimate of drug-likeness (QED) is 0.692. The van der Waals surface area contributed by atoms with Gasteiger partial charge >= 0.3 is 6.03 Å². The Labute approximate surface area is 173 Å². The molecule has 1 aromatic heterocycles. The van der Waals surface area contributed by atoms with E-state index in [1.807, 2.05) is 24.3 Å². The normalized spacial score (nSPS) is 14.7. The third-order valence-corrected chi connectivity index (χ3v) is 5.39. The molecule has 0 radical (unpaired) electrons. The molecule has 3 amide bonds. The van der Waals surface area contributed by atoms with Crippen molar-refractivity contribution in [2.24, 2.45) is 5.92 Å². The Bertz CT molecular complexity index is 1070. The minimum atomic E-state index is -0.312. The Morgan fingerprint density at radius 1 is 1.13 bits per heavy atom. The molecule has 2 heterocycles. The van der Waals surface area contributed by atoms with Gasteiger partial charge in [0.25, 0.3) is 0 Å². The lowest BCUT2D eigenvalue weighted by molar-refractivity contribution is -0.121. The summed E-state index contributed by atoms with van der Waals surface area (Å²) in [6.45, 7) is 1.17. The SMILES string of the molecule is CN(C)C(=O)N1CCC(C(=O)Nc2ccc(-c3nc4ccc(F)cc4[nH]3)cc2)CC1. The fourth-order valence-corrected chi connectivity index (χ4v) is 3.69. The highest BCUT2D eigenvalue weighted by atomic mass is 19.1. The number of urea groups is 1. The maximum absolute atomic E-state index is 13.4. The standard InChI is InChI=1S/C22H24FN5O2/c1-27(2)22(30)28-11-9-15(10-12-28)21(29)24-17-6-3-14(4-7-17)20-25-18-8-5-16(23)13-19(18)26-20/h3-8,13,15H,9-12H2,1-2H3,(H,24,29)(H,25,26). The minimum Gasteiger partial charge on any atom is -0.338 e. The van der Waals surface area contributed by atoms with Gasteiger partial charge in [-0.25, -0.2) is 14.2 Å². The molecule has 1 saturated heterocycles. The first-order valence-electron chi connectivity index (χ1n) is 9.93. The predicted octanol–water partition coefficient (Wildman–Crippen LogP) is 3.70. The van der Waals surface area contributed by atoms with E-state index >= 15 is 0 Å². The number of benzene rings is 2. The highest BCUT2D eigenvalue weighted by Crippen LogP contribution is 2.24. The zero-order chi connectivity index (χ0) is 21.3. The first kappa shape index (κ1) is 19.9. The molecule has 3 aromatic rings. The van der Waals surface area contributed by atoms with E-state index in [0.717, 1.165) is 5.56 Å². The second-order valence-corrected chi connectivity index (χ2v) is 7.75. The maximum Gasteiger partial charge on any atom is 0.319 e. The fraction of sp³-hybridized carbons (Fsp3) is 0.318. The average molecular weight is 409 g/mol. The number of rotatable bonds is 3. The number of hydrogen-bond acceptors (Lipinski definition) is 3. The fourth-order valence-electron chi connectivity index (χ4n) is 3.69. The van der Waals surface area contributed by atoms with Crippen LogP contribution in [-0.4, -0.2) is 58.9 Å². The Morgan fingerprint density at radius 3 is 2.50 bits per heavy atom. The van der Waals surface area contributed by atoms with Gasteiger partial charge in [0.15, 0.2) is 0 Å². The molecule has 156 valence electrons. The number of anilines is 1. The van der Waals surface area contributed by atoms with Crippen molar-refractivity contribution >= 4 is 28.7 Å². The molecule has 0 spiro atoms. The number of aromatic nitrogens is 2. The Kier molecular flexibility index (Phi) is 5.39. The van der Waals surface area contributed by atoms with Crippen molar-refractivity contribution < 1.29 is 14.0 Å². The van der Waals surface area contributed by atoms with Crippen LogP contribution in [-0.2, 0) is 4.79 Å². The van der Waals surface area contributed by atoms with Gasteiger partial charge in [0, 0.05) is 44.4 Å². The van der Waals surface area contributed by atoms with Gasteiger partial charge in [-0.3, -0.25) is 4.79 Å². The molecule has 0 bridgehead atoms. The van der Waals surface area contributed by atoms with Crippen LogP contribution in [0.3, 0.4) is 0 Å². The Balaban J connectivity index is 1.37. The lowest BCUT2D eigenvalue weighted by Crippen LogP contribution is -2.45. The second-order valence-electron chi connectivity index (χ2n) is 7.75. The summed E-state index contributed by atoms with van der Waals surface area (Å²) in [5, 5.41) is 2.96. The number of piperidine rings is 1. The zero-order valence-corrected chi connectivity index (χ0v) is 17.0. The molecule has 0 aliphatic carbocycles. The number of nitrogens with zero attached hydrogens (tertiary/aromatic N) is 3. The average Bonchev–Trinajstić information content (AvgIpc) is 3.17. The number of imidazole rings is 1. The molecular formula is C22H24FN5O2. The lowest BCUT2D eigenvalue weighted by atomic mass is 9.96. The van der Waals surface area contributed by atoms with Crippen molar-refractivity contribution in [2.75, 3.05) is 32.5 Å². The van der Waals surface area contributed by atoms with Crippen molar-refractivity contribution in [1.29, 1.82) is 0 Å². The molecule has 2 N–H and O–H groups in total. The van der Waals surface area contributed by atoms with Gasteiger partial charge in [-0.2, -0.15) is 0 Å². The number of hydrogen-bond donors (Lipinski definition) is 2. The summed E-state index contributed by atoms with van der Waals surface area (Å²) in [5.41, 5.74) is 2.89. The van der Waals surface area contributed by atoms with Crippen molar-refractivity contribution in [1.82, 2.24) is 19.8 Å². The maximum atomic E-state index is 13.4. The third-order valence-electron chi connectivity index (χ3n) is 5.39. The van der Waals surface area contributed by atoms with Gasteiger partial charge in [0.05, 0.1) is 11.0 Å². The number of likely N-dealkylation sites (tertiary alicyclic amines) is 1. The first-order chi connectivity index (χ1) is 14.4. The van der Waals surface area contributed by atoms with Crippen LogP contribution in [0.25, 0.3) is 22.4 Å². The van der Waals surface area contributed by atoms with Crippen LogP contribution >= 0.6 is 0 Å². The number of nitrogens with one attached hydrogen (secondary N) is 2. The molecule has 1 aliphatic heterocycles. The molecule has 7 nitrogen and oxygen atoms in total. The summed E-state index contributed by atoms with van der Waals surface area (Å²) < 4.78 is 13.4. The van der Waals surface area contributed by atoms with E-state index in [0.29, 0.717) is 48.5 Å². The second kappa shape index (κ2) is 8.14. The monoisotopic (exact) mass is 409 g/mol. The van der Waals surface area contributed by atoms with Crippen molar-refractivity contribution in [3.63, 3.8) is 0 Å². The van der Waals surface area contributed by atoms with Crippen LogP contribution in [0.2, 0.25) is 0 Å². The van der Waals surface area contributed by atoms with Crippen LogP contribution in [0.5, 0.6) is 0 Å². The van der Waals surface area contributed by atoms with E-state index in [-0.39, 0.29) is 23.7 Å². The van der Waals surface area contributed by atoms with Crippen molar-refractivity contribution in [3.8, 4) is 11.4 Å². The molecule has 0 unspecified atom stereocenters. The molecule has 4 rings (SSSR count). The van der Waals surface area contributed by atoms with E-state index < -0.39 is 0 Å². The van der Waals surface area contributed by atoms with Gasteiger partial charge in [-0.05, 0) is 55.3 Å². The number of halogens is 1. The van der Waals surface area contributed by atoms with E-state index in [1.54, 1.807) is 30.0 Å². The highest BCUT2D eigenvalue weighted by molar-refractivity contribution is 5.93. The first-order valence-corrected chi connectivity index (χ1v) is 9.93. The number of H-pyrrole nitrogens is 1. The predicted molar refractivity (Wildman–Crippen MR) is 113 cm³/mol. The summed E-state index contributed by atoms with van der Waals surface area (Å²) >= 11 is 0. The third kappa shape index (κ3) is 4.12. The van der Waals surface area contributed by atoms with Gasteiger partial charge in [0.1, 0.15) is 11.6 Å². The lowest BCUT2D eigenvalue weighted by Gasteiger charge is -2.33. The topological polar surface area (TPSA) is 81.3 Å². The molecule has 8 heteroatoms. The number of amides is 3. The van der Waals surface area contributed by atoms with E-state index in [2.05, 4.69) is 15.3 Å². The Morgan fingerprint density at radius 2 is 1.83 bits per heavy atom. The van der Waals surface area contributed by atoms with Crippen LogP contribution in [0.4, 0.5) is 14.9 Å². The van der Waals surface area contributed by atoms with Gasteiger partial charge in [0.2, 0.25) is 5.91 Å². The van der Waals surface area contributed by atoms with Gasteiger partial charge in [-0.1, -0.05) is 0 Å². The van der Waals surface area contributed by atoms with Gasteiger partial charge in [-0.15, -0.1) is 0 Å². The largest absolute Gasteiger partial charge is 0.338 e. The molecular weight excluding hydrogens is 385 g/mol. The molecule has 30 heavy (non-hydrogen) atoms. The van der Waals surface area contributed by atoms with E-state index in [4.69, 9.17) is 0 Å². The molecule has 1 aliphatic rings. The van der Waals surface area contributed by atoms with Crippen molar-refractivity contribution in [2.45, 2.75) is 12.8 Å². The number of carbonyl (C=O) groups is 2.